The molecule has 3 rings (SSSR count). The summed E-state index contributed by atoms with van der Waals surface area (Å²) in [5.74, 6) is -0.528. The third-order valence-corrected chi connectivity index (χ3v) is 2.79. The van der Waals surface area contributed by atoms with Crippen molar-refractivity contribution in [2.45, 2.75) is 0 Å². The zero-order valence-electron chi connectivity index (χ0n) is 10.3. The number of aliphatic carboxylic acids is 1. The number of hydrogen-bond acceptors (Lipinski definition) is 5. The average molecular weight is 270 g/mol. The maximum absolute atomic E-state index is 10.5. The number of tetrazole rings is 1. The van der Waals surface area contributed by atoms with E-state index in [4.69, 9.17) is 9.84 Å². The van der Waals surface area contributed by atoms with Crippen LogP contribution in [0.25, 0.3) is 16.5 Å². The third kappa shape index (κ3) is 2.28. The summed E-state index contributed by atoms with van der Waals surface area (Å²) in [7, 11) is 0. The van der Waals surface area contributed by atoms with E-state index in [9.17, 15) is 4.79 Å². The van der Waals surface area contributed by atoms with E-state index in [-0.39, 0.29) is 6.61 Å². The number of benzene rings is 2. The van der Waals surface area contributed by atoms with Crippen LogP contribution < -0.4 is 4.74 Å². The summed E-state index contributed by atoms with van der Waals surface area (Å²) in [5.41, 5.74) is 0.799. The van der Waals surface area contributed by atoms with E-state index in [0.717, 1.165) is 16.5 Å². The molecule has 2 aromatic carbocycles. The predicted molar refractivity (Wildman–Crippen MR) is 69.8 cm³/mol. The normalized spacial score (nSPS) is 10.6. The molecule has 0 bridgehead atoms. The highest BCUT2D eigenvalue weighted by molar-refractivity contribution is 5.91. The highest BCUT2D eigenvalue weighted by Gasteiger charge is 2.06. The molecule has 1 heterocycles. The summed E-state index contributed by atoms with van der Waals surface area (Å²) in [6.07, 6.45) is 1.50. The van der Waals surface area contributed by atoms with E-state index in [0.29, 0.717) is 5.75 Å². The van der Waals surface area contributed by atoms with Gasteiger partial charge in [0.2, 0.25) is 0 Å². The van der Waals surface area contributed by atoms with Gasteiger partial charge in [-0.2, -0.15) is 4.68 Å². The molecule has 1 aromatic heterocycles. The SMILES string of the molecule is O=C(O)COc1ccc2cccc(-n3cnnn3)c2c1. The van der Waals surface area contributed by atoms with E-state index < -0.39 is 5.97 Å². The number of hydrogen-bond donors (Lipinski definition) is 1. The van der Waals surface area contributed by atoms with Crippen LogP contribution in [0, 0.1) is 0 Å². The van der Waals surface area contributed by atoms with Gasteiger partial charge in [0.25, 0.3) is 0 Å². The van der Waals surface area contributed by atoms with Gasteiger partial charge in [0, 0.05) is 5.39 Å². The predicted octanol–water partition coefficient (Wildman–Crippen LogP) is 1.28. The van der Waals surface area contributed by atoms with Crippen LogP contribution in [0.1, 0.15) is 0 Å². The summed E-state index contributed by atoms with van der Waals surface area (Å²) in [4.78, 5) is 10.5. The van der Waals surface area contributed by atoms with Crippen molar-refractivity contribution in [3.05, 3.63) is 42.7 Å². The van der Waals surface area contributed by atoms with Crippen LogP contribution in [-0.2, 0) is 4.79 Å². The van der Waals surface area contributed by atoms with Gasteiger partial charge in [-0.15, -0.1) is 5.10 Å². The van der Waals surface area contributed by atoms with Crippen molar-refractivity contribution in [3.63, 3.8) is 0 Å². The van der Waals surface area contributed by atoms with Gasteiger partial charge >= 0.3 is 5.97 Å². The molecule has 0 saturated carbocycles. The lowest BCUT2D eigenvalue weighted by atomic mass is 10.1. The number of fused-ring (bicyclic) bond motifs is 1. The first-order chi connectivity index (χ1) is 9.74. The second-order valence-corrected chi connectivity index (χ2v) is 4.10. The number of carboxylic acids is 1. The zero-order chi connectivity index (χ0) is 13.9. The maximum Gasteiger partial charge on any atom is 0.341 e. The molecular weight excluding hydrogens is 260 g/mol. The standard InChI is InChI=1S/C13H10N4O3/c18-13(19)7-20-10-5-4-9-2-1-3-12(11(9)6-10)17-8-14-15-16-17/h1-6,8H,7H2,(H,18,19). The van der Waals surface area contributed by atoms with Gasteiger partial charge in [-0.1, -0.05) is 18.2 Å². The van der Waals surface area contributed by atoms with E-state index in [1.807, 2.05) is 24.3 Å². The minimum atomic E-state index is -1.01. The van der Waals surface area contributed by atoms with Gasteiger partial charge in [0.15, 0.2) is 6.61 Å². The molecule has 20 heavy (non-hydrogen) atoms. The van der Waals surface area contributed by atoms with Crippen molar-refractivity contribution < 1.29 is 14.6 Å². The monoisotopic (exact) mass is 270 g/mol. The highest BCUT2D eigenvalue weighted by atomic mass is 16.5. The molecule has 7 nitrogen and oxygen atoms in total. The van der Waals surface area contributed by atoms with Gasteiger partial charge in [0.1, 0.15) is 12.1 Å². The van der Waals surface area contributed by atoms with Crippen LogP contribution in [0.2, 0.25) is 0 Å². The molecule has 0 aliphatic rings. The summed E-state index contributed by atoms with van der Waals surface area (Å²) < 4.78 is 6.73. The van der Waals surface area contributed by atoms with Crippen LogP contribution in [0.15, 0.2) is 42.7 Å². The van der Waals surface area contributed by atoms with E-state index in [2.05, 4.69) is 15.5 Å². The fourth-order valence-electron chi connectivity index (χ4n) is 1.94. The largest absolute Gasteiger partial charge is 0.482 e. The van der Waals surface area contributed by atoms with Gasteiger partial charge in [0.05, 0.1) is 5.69 Å². The van der Waals surface area contributed by atoms with Crippen molar-refractivity contribution in [1.29, 1.82) is 0 Å². The van der Waals surface area contributed by atoms with Gasteiger partial charge in [-0.25, -0.2) is 4.79 Å². The topological polar surface area (TPSA) is 90.1 Å². The Kier molecular flexibility index (Phi) is 3.00. The lowest BCUT2D eigenvalue weighted by Gasteiger charge is -2.08. The Morgan fingerprint density at radius 2 is 2.20 bits per heavy atom. The molecule has 1 N–H and O–H groups in total. The number of carbonyl (C=O) groups is 1. The Balaban J connectivity index is 2.07. The Morgan fingerprint density at radius 3 is 2.95 bits per heavy atom. The first kappa shape index (κ1) is 12.1. The Labute approximate surface area is 113 Å². The zero-order valence-corrected chi connectivity index (χ0v) is 10.3. The van der Waals surface area contributed by atoms with Crippen molar-refractivity contribution in [2.75, 3.05) is 6.61 Å². The van der Waals surface area contributed by atoms with Crippen LogP contribution in [-0.4, -0.2) is 37.9 Å². The molecule has 0 unspecified atom stereocenters. The molecule has 100 valence electrons. The summed E-state index contributed by atoms with van der Waals surface area (Å²) in [6.45, 7) is -0.376. The van der Waals surface area contributed by atoms with Crippen LogP contribution in [0.4, 0.5) is 0 Å². The van der Waals surface area contributed by atoms with Gasteiger partial charge < -0.3 is 9.84 Å². The molecule has 0 fully saturated rings. The minimum Gasteiger partial charge on any atom is -0.482 e. The van der Waals surface area contributed by atoms with Gasteiger partial charge in [-0.3, -0.25) is 0 Å². The molecule has 0 atom stereocenters. The number of rotatable bonds is 4. The molecule has 0 saturated heterocycles. The first-order valence-corrected chi connectivity index (χ1v) is 5.85. The van der Waals surface area contributed by atoms with E-state index in [1.165, 1.54) is 6.33 Å². The maximum atomic E-state index is 10.5. The van der Waals surface area contributed by atoms with Crippen molar-refractivity contribution in [2.24, 2.45) is 0 Å². The molecule has 0 amide bonds. The second-order valence-electron chi connectivity index (χ2n) is 4.10. The van der Waals surface area contributed by atoms with Crippen molar-refractivity contribution >= 4 is 16.7 Å². The quantitative estimate of drug-likeness (QED) is 0.768. The number of ether oxygens (including phenoxy) is 1. The molecular formula is C13H10N4O3. The summed E-state index contributed by atoms with van der Waals surface area (Å²) in [6, 6.07) is 11.1. The molecule has 3 aromatic rings. The molecule has 0 aliphatic carbocycles. The molecule has 0 spiro atoms. The third-order valence-electron chi connectivity index (χ3n) is 2.79. The molecule has 0 aliphatic heterocycles. The number of aromatic nitrogens is 4. The minimum absolute atomic E-state index is 0.376. The Hall–Kier alpha value is -2.96. The highest BCUT2D eigenvalue weighted by Crippen LogP contribution is 2.26. The Morgan fingerprint density at radius 1 is 1.30 bits per heavy atom. The molecule has 7 heteroatoms. The first-order valence-electron chi connectivity index (χ1n) is 5.85. The molecule has 0 radical (unpaired) electrons. The van der Waals surface area contributed by atoms with Crippen molar-refractivity contribution in [3.8, 4) is 11.4 Å². The fraction of sp³-hybridized carbons (Fsp3) is 0.0769. The number of carboxylic acid groups (broad SMARTS) is 1. The number of nitrogens with zero attached hydrogens (tertiary/aromatic N) is 4. The van der Waals surface area contributed by atoms with Crippen LogP contribution in [0.3, 0.4) is 0 Å². The van der Waals surface area contributed by atoms with E-state index in [1.54, 1.807) is 16.8 Å². The smallest absolute Gasteiger partial charge is 0.341 e. The second kappa shape index (κ2) is 4.96. The van der Waals surface area contributed by atoms with Gasteiger partial charge in [-0.05, 0) is 34.0 Å². The van der Waals surface area contributed by atoms with E-state index >= 15 is 0 Å². The fourth-order valence-corrected chi connectivity index (χ4v) is 1.94. The Bertz CT molecular complexity index is 755. The summed E-state index contributed by atoms with van der Waals surface area (Å²) in [5, 5.41) is 21.6. The lowest BCUT2D eigenvalue weighted by molar-refractivity contribution is -0.139. The van der Waals surface area contributed by atoms with Crippen molar-refractivity contribution in [1.82, 2.24) is 20.2 Å². The van der Waals surface area contributed by atoms with Crippen LogP contribution in [0.5, 0.6) is 5.75 Å². The summed E-state index contributed by atoms with van der Waals surface area (Å²) >= 11 is 0. The average Bonchev–Trinajstić information content (AvgIpc) is 2.98. The van der Waals surface area contributed by atoms with Crippen LogP contribution >= 0.6 is 0 Å². The lowest BCUT2D eigenvalue weighted by Crippen LogP contribution is -2.09.